The van der Waals surface area contributed by atoms with Crippen molar-refractivity contribution in [3.8, 4) is 5.75 Å². The fourth-order valence-electron chi connectivity index (χ4n) is 4.89. The van der Waals surface area contributed by atoms with Crippen molar-refractivity contribution in [1.82, 2.24) is 9.80 Å². The molecule has 5 nitrogen and oxygen atoms in total. The fraction of sp³-hybridized carbons (Fsp3) is 0.500. The smallest absolute Gasteiger partial charge is 0.255 e. The van der Waals surface area contributed by atoms with Gasteiger partial charge in [0, 0.05) is 44.7 Å². The van der Waals surface area contributed by atoms with Crippen LogP contribution in [-0.2, 0) is 6.42 Å². The third kappa shape index (κ3) is 4.72. The van der Waals surface area contributed by atoms with Crippen LogP contribution in [0.5, 0.6) is 5.75 Å². The summed E-state index contributed by atoms with van der Waals surface area (Å²) in [7, 11) is 2.17. The first-order valence-electron chi connectivity index (χ1n) is 11.6. The lowest BCUT2D eigenvalue weighted by Crippen LogP contribution is -2.55. The Kier molecular flexibility index (Phi) is 6.51. The van der Waals surface area contributed by atoms with Gasteiger partial charge in [-0.25, -0.2) is 0 Å². The van der Waals surface area contributed by atoms with E-state index in [4.69, 9.17) is 0 Å². The average Bonchev–Trinajstić information content (AvgIpc) is 2.78. The summed E-state index contributed by atoms with van der Waals surface area (Å²) in [4.78, 5) is 20.3. The maximum absolute atomic E-state index is 13.5. The number of carbonyl (C=O) groups is 1. The first kappa shape index (κ1) is 21.7. The number of anilines is 1. The molecule has 1 N–H and O–H groups in total. The van der Waals surface area contributed by atoms with Crippen LogP contribution in [-0.4, -0.2) is 66.1 Å². The molecule has 4 rings (SSSR count). The monoisotopic (exact) mass is 421 g/mol. The molecule has 2 atom stereocenters. The minimum absolute atomic E-state index is 0.155. The molecular weight excluding hydrogens is 386 g/mol. The van der Waals surface area contributed by atoms with Crippen LogP contribution in [0.4, 0.5) is 5.69 Å². The first-order chi connectivity index (χ1) is 14.9. The van der Waals surface area contributed by atoms with Crippen molar-refractivity contribution in [2.24, 2.45) is 0 Å². The SMILES string of the molecule is C[C@H]1CN(c2cc(Cc3ccccc3O)ccc2C(=O)N2CCCCC2)[C@@H](C)CN1C. The Hall–Kier alpha value is -2.53. The fourth-order valence-corrected chi connectivity index (χ4v) is 4.89. The Morgan fingerprint density at radius 1 is 1.00 bits per heavy atom. The zero-order valence-corrected chi connectivity index (χ0v) is 19.1. The van der Waals surface area contributed by atoms with Crippen molar-refractivity contribution in [3.63, 3.8) is 0 Å². The number of phenols is 1. The van der Waals surface area contributed by atoms with E-state index in [1.54, 1.807) is 6.07 Å². The second kappa shape index (κ2) is 9.31. The molecule has 0 bridgehead atoms. The van der Waals surface area contributed by atoms with Crippen LogP contribution in [0.3, 0.4) is 0 Å². The second-order valence-electron chi connectivity index (χ2n) is 9.30. The molecular formula is C26H35N3O2. The zero-order chi connectivity index (χ0) is 22.0. The summed E-state index contributed by atoms with van der Waals surface area (Å²) in [6.07, 6.45) is 4.04. The van der Waals surface area contributed by atoms with Crippen LogP contribution >= 0.6 is 0 Å². The van der Waals surface area contributed by atoms with Crippen LogP contribution < -0.4 is 4.90 Å². The van der Waals surface area contributed by atoms with Crippen LogP contribution in [0.2, 0.25) is 0 Å². The van der Waals surface area contributed by atoms with E-state index in [2.05, 4.69) is 42.8 Å². The molecule has 2 fully saturated rings. The summed E-state index contributed by atoms with van der Waals surface area (Å²) in [5, 5.41) is 10.2. The Bertz CT molecular complexity index is 923. The number of nitrogens with zero attached hydrogens (tertiary/aromatic N) is 3. The summed E-state index contributed by atoms with van der Waals surface area (Å²) in [6.45, 7) is 8.07. The van der Waals surface area contributed by atoms with Crippen molar-refractivity contribution < 1.29 is 9.90 Å². The highest BCUT2D eigenvalue weighted by molar-refractivity contribution is 6.00. The maximum atomic E-state index is 13.5. The molecule has 0 spiro atoms. The van der Waals surface area contributed by atoms with Crippen molar-refractivity contribution in [2.75, 3.05) is 38.1 Å². The number of hydrogen-bond acceptors (Lipinski definition) is 4. The number of benzene rings is 2. The topological polar surface area (TPSA) is 47.0 Å². The molecule has 2 aliphatic heterocycles. The summed E-state index contributed by atoms with van der Waals surface area (Å²) < 4.78 is 0. The van der Waals surface area contributed by atoms with Crippen molar-refractivity contribution >= 4 is 11.6 Å². The Morgan fingerprint density at radius 3 is 2.48 bits per heavy atom. The molecule has 31 heavy (non-hydrogen) atoms. The first-order valence-corrected chi connectivity index (χ1v) is 11.6. The van der Waals surface area contributed by atoms with E-state index >= 15 is 0 Å². The van der Waals surface area contributed by atoms with Crippen LogP contribution in [0.15, 0.2) is 42.5 Å². The standard InChI is InChI=1S/C26H35N3O2/c1-19-18-29(20(2)17-27(19)3)24-16-21(15-22-9-5-6-10-25(22)30)11-12-23(24)26(31)28-13-7-4-8-14-28/h5-6,9-12,16,19-20,30H,4,7-8,13-15,17-18H2,1-3H3/t19-,20-/m0/s1. The molecule has 0 radical (unpaired) electrons. The van der Waals surface area contributed by atoms with Gasteiger partial charge in [-0.2, -0.15) is 0 Å². The van der Waals surface area contributed by atoms with Gasteiger partial charge >= 0.3 is 0 Å². The van der Waals surface area contributed by atoms with Crippen LogP contribution in [0.25, 0.3) is 0 Å². The van der Waals surface area contributed by atoms with E-state index in [0.717, 1.165) is 61.4 Å². The number of hydrogen-bond donors (Lipinski definition) is 1. The van der Waals surface area contributed by atoms with Crippen molar-refractivity contribution in [2.45, 2.75) is 51.6 Å². The molecule has 166 valence electrons. The maximum Gasteiger partial charge on any atom is 0.255 e. The lowest BCUT2D eigenvalue weighted by molar-refractivity contribution is 0.0724. The van der Waals surface area contributed by atoms with Gasteiger partial charge in [0.2, 0.25) is 0 Å². The number of rotatable bonds is 4. The molecule has 1 amide bonds. The number of piperazine rings is 1. The number of carbonyl (C=O) groups excluding carboxylic acids is 1. The summed E-state index contributed by atoms with van der Waals surface area (Å²) in [5.41, 5.74) is 3.87. The number of aromatic hydroxyl groups is 1. The van der Waals surface area contributed by atoms with E-state index in [0.29, 0.717) is 24.3 Å². The summed E-state index contributed by atoms with van der Waals surface area (Å²) >= 11 is 0. The number of phenolic OH excluding ortho intramolecular Hbond substituents is 1. The number of likely N-dealkylation sites (tertiary alicyclic amines) is 1. The number of para-hydroxylation sites is 1. The highest BCUT2D eigenvalue weighted by Gasteiger charge is 2.31. The molecule has 2 saturated heterocycles. The third-order valence-electron chi connectivity index (χ3n) is 6.93. The molecule has 5 heteroatoms. The van der Waals surface area contributed by atoms with Gasteiger partial charge in [0.05, 0.1) is 11.3 Å². The van der Waals surface area contributed by atoms with Gasteiger partial charge in [0.1, 0.15) is 5.75 Å². The van der Waals surface area contributed by atoms with E-state index in [-0.39, 0.29) is 5.91 Å². The molecule has 0 unspecified atom stereocenters. The largest absolute Gasteiger partial charge is 0.508 e. The predicted molar refractivity (Wildman–Crippen MR) is 126 cm³/mol. The Labute approximate surface area is 186 Å². The molecule has 2 heterocycles. The van der Waals surface area contributed by atoms with Gasteiger partial charge < -0.3 is 14.9 Å². The van der Waals surface area contributed by atoms with Gasteiger partial charge in [0.25, 0.3) is 5.91 Å². The van der Waals surface area contributed by atoms with Crippen LogP contribution in [0, 0.1) is 0 Å². The predicted octanol–water partition coefficient (Wildman–Crippen LogP) is 4.14. The minimum atomic E-state index is 0.155. The van der Waals surface area contributed by atoms with Crippen LogP contribution in [0.1, 0.15) is 54.6 Å². The number of likely N-dealkylation sites (N-methyl/N-ethyl adjacent to an activating group) is 1. The minimum Gasteiger partial charge on any atom is -0.508 e. The van der Waals surface area contributed by atoms with E-state index in [1.165, 1.54) is 6.42 Å². The zero-order valence-electron chi connectivity index (χ0n) is 19.1. The van der Waals surface area contributed by atoms with Crippen molar-refractivity contribution in [3.05, 3.63) is 59.2 Å². The summed E-state index contributed by atoms with van der Waals surface area (Å²) in [6, 6.07) is 14.5. The Balaban J connectivity index is 1.70. The highest BCUT2D eigenvalue weighted by atomic mass is 16.3. The highest BCUT2D eigenvalue weighted by Crippen LogP contribution is 2.31. The molecule has 2 aliphatic rings. The Morgan fingerprint density at radius 2 is 1.74 bits per heavy atom. The lowest BCUT2D eigenvalue weighted by Gasteiger charge is -2.44. The third-order valence-corrected chi connectivity index (χ3v) is 6.93. The van der Waals surface area contributed by atoms with E-state index in [9.17, 15) is 9.90 Å². The average molecular weight is 422 g/mol. The quantitative estimate of drug-likeness (QED) is 0.806. The number of amides is 1. The van der Waals surface area contributed by atoms with Gasteiger partial charge in [-0.1, -0.05) is 24.3 Å². The van der Waals surface area contributed by atoms with Gasteiger partial charge in [-0.05, 0) is 69.5 Å². The molecule has 0 aromatic heterocycles. The number of piperidine rings is 1. The van der Waals surface area contributed by atoms with Gasteiger partial charge in [-0.3, -0.25) is 9.69 Å². The lowest BCUT2D eigenvalue weighted by atomic mass is 9.98. The summed E-state index contributed by atoms with van der Waals surface area (Å²) in [5.74, 6) is 0.474. The van der Waals surface area contributed by atoms with E-state index in [1.807, 2.05) is 29.2 Å². The van der Waals surface area contributed by atoms with E-state index < -0.39 is 0 Å². The van der Waals surface area contributed by atoms with Gasteiger partial charge in [-0.15, -0.1) is 0 Å². The molecule has 0 aliphatic carbocycles. The second-order valence-corrected chi connectivity index (χ2v) is 9.30. The van der Waals surface area contributed by atoms with Gasteiger partial charge in [0.15, 0.2) is 0 Å². The van der Waals surface area contributed by atoms with Crippen molar-refractivity contribution in [1.29, 1.82) is 0 Å². The molecule has 2 aromatic carbocycles. The molecule has 2 aromatic rings. The molecule has 0 saturated carbocycles. The normalized spacial score (nSPS) is 22.5.